The van der Waals surface area contributed by atoms with Crippen LogP contribution < -0.4 is 4.74 Å². The van der Waals surface area contributed by atoms with Crippen molar-refractivity contribution in [1.29, 1.82) is 0 Å². The molecule has 0 saturated carbocycles. The summed E-state index contributed by atoms with van der Waals surface area (Å²) in [6, 6.07) is 3.15. The van der Waals surface area contributed by atoms with Gasteiger partial charge in [-0.3, -0.25) is 9.48 Å². The van der Waals surface area contributed by atoms with Crippen molar-refractivity contribution in [2.24, 2.45) is 0 Å². The first kappa shape index (κ1) is 14.6. The number of aromatic nitrogens is 4. The minimum absolute atomic E-state index is 0.227. The monoisotopic (exact) mass is 340 g/mol. The summed E-state index contributed by atoms with van der Waals surface area (Å²) in [6.45, 7) is 0.940. The van der Waals surface area contributed by atoms with E-state index in [0.717, 1.165) is 0 Å². The highest BCUT2D eigenvalue weighted by atomic mass is 79.9. The Bertz CT molecular complexity index is 597. The summed E-state index contributed by atoms with van der Waals surface area (Å²) in [5, 5.41) is 11.8. The molecule has 0 N–H and O–H groups in total. The van der Waals surface area contributed by atoms with Gasteiger partial charge < -0.3 is 9.47 Å². The summed E-state index contributed by atoms with van der Waals surface area (Å²) in [5.74, 6) is 0.0918. The Labute approximate surface area is 124 Å². The lowest BCUT2D eigenvalue weighted by atomic mass is 10.2. The van der Waals surface area contributed by atoms with Crippen LogP contribution in [-0.4, -0.2) is 46.6 Å². The molecule has 0 saturated heterocycles. The van der Waals surface area contributed by atoms with Crippen LogP contribution in [0.25, 0.3) is 0 Å². The summed E-state index contributed by atoms with van der Waals surface area (Å²) in [4.78, 5) is 12.4. The van der Waals surface area contributed by atoms with Gasteiger partial charge in [0, 0.05) is 13.2 Å². The molecule has 0 unspecified atom stereocenters. The zero-order valence-electron chi connectivity index (χ0n) is 11.0. The zero-order chi connectivity index (χ0) is 14.5. The van der Waals surface area contributed by atoms with Crippen molar-refractivity contribution in [2.45, 2.75) is 6.54 Å². The number of ether oxygens (including phenoxy) is 2. The van der Waals surface area contributed by atoms with Gasteiger partial charge in [0.25, 0.3) is 0 Å². The molecule has 2 heterocycles. The zero-order valence-corrected chi connectivity index (χ0v) is 12.6. The third kappa shape index (κ3) is 3.02. The second-order valence-electron chi connectivity index (χ2n) is 3.85. The average molecular weight is 341 g/mol. The molecule has 2 aromatic rings. The number of nitrogens with zero attached hydrogens (tertiary/aromatic N) is 4. The molecule has 0 radical (unpaired) electrons. The third-order valence-corrected chi connectivity index (χ3v) is 3.18. The highest BCUT2D eigenvalue weighted by Gasteiger charge is 2.20. The van der Waals surface area contributed by atoms with Gasteiger partial charge in [-0.15, -0.1) is 10.2 Å². The van der Waals surface area contributed by atoms with E-state index in [4.69, 9.17) is 9.47 Å². The molecule has 0 aliphatic heterocycles. The van der Waals surface area contributed by atoms with Gasteiger partial charge in [-0.1, -0.05) is 0 Å². The van der Waals surface area contributed by atoms with Gasteiger partial charge in [0.05, 0.1) is 30.9 Å². The Morgan fingerprint density at radius 2 is 2.15 bits per heavy atom. The largest absolute Gasteiger partial charge is 0.480 e. The lowest BCUT2D eigenvalue weighted by Crippen LogP contribution is -2.16. The van der Waals surface area contributed by atoms with E-state index in [9.17, 15) is 4.79 Å². The maximum Gasteiger partial charge on any atom is 0.233 e. The van der Waals surface area contributed by atoms with Crippen LogP contribution in [0.3, 0.4) is 0 Å². The molecule has 7 nitrogen and oxygen atoms in total. The molecule has 0 amide bonds. The first-order valence-corrected chi connectivity index (χ1v) is 6.59. The van der Waals surface area contributed by atoms with Crippen molar-refractivity contribution in [3.63, 3.8) is 0 Å². The van der Waals surface area contributed by atoms with Crippen LogP contribution in [0.1, 0.15) is 16.2 Å². The van der Waals surface area contributed by atoms with Crippen LogP contribution in [-0.2, 0) is 11.3 Å². The van der Waals surface area contributed by atoms with Gasteiger partial charge in [0.1, 0.15) is 11.4 Å². The summed E-state index contributed by atoms with van der Waals surface area (Å²) in [7, 11) is 3.08. The van der Waals surface area contributed by atoms with Gasteiger partial charge in [-0.05, 0) is 22.0 Å². The van der Waals surface area contributed by atoms with Crippen LogP contribution in [0.5, 0.6) is 5.88 Å². The van der Waals surface area contributed by atoms with Gasteiger partial charge in [-0.2, -0.15) is 5.10 Å². The molecule has 2 rings (SSSR count). The maximum absolute atomic E-state index is 12.4. The molecular weight excluding hydrogens is 328 g/mol. The molecule has 0 aromatic carbocycles. The molecule has 2 aromatic heterocycles. The van der Waals surface area contributed by atoms with Crippen molar-refractivity contribution < 1.29 is 14.3 Å². The van der Waals surface area contributed by atoms with E-state index < -0.39 is 0 Å². The fourth-order valence-corrected chi connectivity index (χ4v) is 2.08. The number of ketones is 1. The number of carbonyl (C=O) groups is 1. The van der Waals surface area contributed by atoms with Gasteiger partial charge >= 0.3 is 0 Å². The van der Waals surface area contributed by atoms with Crippen molar-refractivity contribution >= 4 is 21.7 Å². The first-order valence-electron chi connectivity index (χ1n) is 5.80. The Kier molecular flexibility index (Phi) is 4.80. The molecule has 0 spiro atoms. The van der Waals surface area contributed by atoms with E-state index >= 15 is 0 Å². The number of rotatable bonds is 6. The number of hydrogen-bond donors (Lipinski definition) is 0. The van der Waals surface area contributed by atoms with Crippen molar-refractivity contribution in [3.8, 4) is 5.88 Å². The molecule has 0 fully saturated rings. The Morgan fingerprint density at radius 1 is 1.35 bits per heavy atom. The van der Waals surface area contributed by atoms with Crippen LogP contribution in [0.4, 0.5) is 0 Å². The standard InChI is InChI=1S/C12H13BrN4O3/c1-19-6-5-17-11(8(13)7-14-17)12(18)9-3-4-10(20-2)16-15-9/h3-4,7H,5-6H2,1-2H3. The van der Waals surface area contributed by atoms with Crippen molar-refractivity contribution in [3.05, 3.63) is 34.2 Å². The fraction of sp³-hybridized carbons (Fsp3) is 0.333. The van der Waals surface area contributed by atoms with Crippen LogP contribution in [0.15, 0.2) is 22.8 Å². The van der Waals surface area contributed by atoms with E-state index in [1.807, 2.05) is 0 Å². The van der Waals surface area contributed by atoms with E-state index in [1.54, 1.807) is 30.1 Å². The van der Waals surface area contributed by atoms with Crippen LogP contribution in [0.2, 0.25) is 0 Å². The van der Waals surface area contributed by atoms with E-state index in [-0.39, 0.29) is 11.5 Å². The summed E-state index contributed by atoms with van der Waals surface area (Å²) in [6.07, 6.45) is 1.57. The molecule has 0 aliphatic carbocycles. The summed E-state index contributed by atoms with van der Waals surface area (Å²) >= 11 is 3.32. The van der Waals surface area contributed by atoms with Gasteiger partial charge in [0.15, 0.2) is 0 Å². The van der Waals surface area contributed by atoms with Crippen LogP contribution >= 0.6 is 15.9 Å². The lowest BCUT2D eigenvalue weighted by molar-refractivity contribution is 0.101. The van der Waals surface area contributed by atoms with Gasteiger partial charge in [-0.25, -0.2) is 0 Å². The molecule has 0 bridgehead atoms. The Balaban J connectivity index is 2.29. The van der Waals surface area contributed by atoms with Crippen LogP contribution in [0, 0.1) is 0 Å². The predicted molar refractivity (Wildman–Crippen MR) is 73.8 cm³/mol. The predicted octanol–water partition coefficient (Wildman–Crippen LogP) is 1.32. The van der Waals surface area contributed by atoms with Gasteiger partial charge in [0.2, 0.25) is 11.7 Å². The maximum atomic E-state index is 12.4. The topological polar surface area (TPSA) is 79.1 Å². The van der Waals surface area contributed by atoms with E-state index in [0.29, 0.717) is 29.2 Å². The molecule has 0 atom stereocenters. The Morgan fingerprint density at radius 3 is 2.75 bits per heavy atom. The Hall–Kier alpha value is -1.80. The fourth-order valence-electron chi connectivity index (χ4n) is 1.61. The smallest absolute Gasteiger partial charge is 0.233 e. The molecule has 8 heteroatoms. The molecule has 20 heavy (non-hydrogen) atoms. The number of hydrogen-bond acceptors (Lipinski definition) is 6. The molecule has 106 valence electrons. The third-order valence-electron chi connectivity index (χ3n) is 2.60. The SMILES string of the molecule is COCCn1ncc(Br)c1C(=O)c1ccc(OC)nn1. The lowest BCUT2D eigenvalue weighted by Gasteiger charge is -2.06. The minimum Gasteiger partial charge on any atom is -0.480 e. The highest BCUT2D eigenvalue weighted by molar-refractivity contribution is 9.10. The second-order valence-corrected chi connectivity index (χ2v) is 4.70. The van der Waals surface area contributed by atoms with Crippen molar-refractivity contribution in [2.75, 3.05) is 20.8 Å². The second kappa shape index (κ2) is 6.58. The summed E-state index contributed by atoms with van der Waals surface area (Å²) < 4.78 is 12.1. The highest BCUT2D eigenvalue weighted by Crippen LogP contribution is 2.19. The quantitative estimate of drug-likeness (QED) is 0.738. The molecule has 0 aliphatic rings. The minimum atomic E-state index is -0.263. The van der Waals surface area contributed by atoms with E-state index in [2.05, 4.69) is 31.2 Å². The number of halogens is 1. The normalized spacial score (nSPS) is 10.6. The number of carbonyl (C=O) groups excluding carboxylic acids is 1. The number of methoxy groups -OCH3 is 2. The first-order chi connectivity index (χ1) is 9.67. The molecular formula is C12H13BrN4O3. The summed E-state index contributed by atoms with van der Waals surface area (Å²) in [5.41, 5.74) is 0.646. The van der Waals surface area contributed by atoms with E-state index in [1.165, 1.54) is 7.11 Å². The van der Waals surface area contributed by atoms with Crippen molar-refractivity contribution in [1.82, 2.24) is 20.0 Å². The average Bonchev–Trinajstić information content (AvgIpc) is 2.85.